The Kier molecular flexibility index (Phi) is 4.39. The van der Waals surface area contributed by atoms with Crippen LogP contribution in [0, 0.1) is 5.82 Å². The molecule has 0 saturated heterocycles. The Morgan fingerprint density at radius 3 is 3.00 bits per heavy atom. The average Bonchev–Trinajstić information content (AvgIpc) is 3.21. The number of thiazole rings is 1. The molecule has 0 aliphatic carbocycles. The van der Waals surface area contributed by atoms with Crippen molar-refractivity contribution in [2.24, 2.45) is 0 Å². The van der Waals surface area contributed by atoms with Crippen molar-refractivity contribution in [3.05, 3.63) is 69.4 Å². The summed E-state index contributed by atoms with van der Waals surface area (Å²) in [4.78, 5) is 19.0. The topological polar surface area (TPSA) is 33.2 Å². The first-order valence-electron chi connectivity index (χ1n) is 7.89. The number of benzene rings is 2. The minimum Gasteiger partial charge on any atom is -0.311 e. The van der Waals surface area contributed by atoms with Gasteiger partial charge in [-0.25, -0.2) is 9.37 Å². The van der Waals surface area contributed by atoms with E-state index in [0.717, 1.165) is 32.8 Å². The van der Waals surface area contributed by atoms with Gasteiger partial charge in [-0.1, -0.05) is 34.1 Å². The highest BCUT2D eigenvalue weighted by atomic mass is 79.9. The van der Waals surface area contributed by atoms with Crippen LogP contribution in [0.5, 0.6) is 0 Å². The van der Waals surface area contributed by atoms with Gasteiger partial charge in [-0.3, -0.25) is 4.79 Å². The molecule has 1 amide bonds. The Balaban J connectivity index is 1.52. The number of anilines is 1. The van der Waals surface area contributed by atoms with Gasteiger partial charge >= 0.3 is 0 Å². The number of amides is 1. The molecule has 0 radical (unpaired) electrons. The van der Waals surface area contributed by atoms with Crippen molar-refractivity contribution in [2.75, 3.05) is 11.4 Å². The Bertz CT molecular complexity index is 956. The second-order valence-corrected chi connectivity index (χ2v) is 7.67. The van der Waals surface area contributed by atoms with Gasteiger partial charge in [0, 0.05) is 27.6 Å². The van der Waals surface area contributed by atoms with E-state index < -0.39 is 0 Å². The normalized spacial score (nSPS) is 13.1. The summed E-state index contributed by atoms with van der Waals surface area (Å²) in [5.74, 6) is -0.252. The van der Waals surface area contributed by atoms with Crippen molar-refractivity contribution in [3.8, 4) is 10.6 Å². The summed E-state index contributed by atoms with van der Waals surface area (Å²) in [5.41, 5.74) is 3.62. The number of carbonyl (C=O) groups is 1. The lowest BCUT2D eigenvalue weighted by Crippen LogP contribution is -2.30. The van der Waals surface area contributed by atoms with Crippen molar-refractivity contribution >= 4 is 38.9 Å². The second kappa shape index (κ2) is 6.69. The number of fused-ring (bicyclic) bond motifs is 1. The molecule has 3 nitrogen and oxygen atoms in total. The van der Waals surface area contributed by atoms with Gasteiger partial charge in [0.25, 0.3) is 0 Å². The monoisotopic (exact) mass is 416 g/mol. The number of carbonyl (C=O) groups excluding carboxylic acids is 1. The highest BCUT2D eigenvalue weighted by molar-refractivity contribution is 9.10. The van der Waals surface area contributed by atoms with Gasteiger partial charge in [0.1, 0.15) is 10.8 Å². The van der Waals surface area contributed by atoms with Crippen molar-refractivity contribution in [3.63, 3.8) is 0 Å². The Morgan fingerprint density at radius 2 is 2.16 bits per heavy atom. The molecule has 126 valence electrons. The summed E-state index contributed by atoms with van der Waals surface area (Å²) in [5, 5.41) is 2.60. The second-order valence-electron chi connectivity index (χ2n) is 5.90. The van der Waals surface area contributed by atoms with Crippen LogP contribution in [0.15, 0.2) is 52.3 Å². The van der Waals surface area contributed by atoms with Gasteiger partial charge < -0.3 is 4.90 Å². The maximum atomic E-state index is 13.4. The first kappa shape index (κ1) is 16.4. The van der Waals surface area contributed by atoms with Gasteiger partial charge in [0.15, 0.2) is 0 Å². The quantitative estimate of drug-likeness (QED) is 0.611. The van der Waals surface area contributed by atoms with E-state index in [0.29, 0.717) is 6.54 Å². The van der Waals surface area contributed by atoms with Gasteiger partial charge in [-0.2, -0.15) is 0 Å². The molecule has 3 aromatic rings. The zero-order valence-electron chi connectivity index (χ0n) is 13.2. The number of rotatable bonds is 3. The molecule has 0 N–H and O–H groups in total. The maximum Gasteiger partial charge on any atom is 0.233 e. The number of hydrogen-bond donors (Lipinski definition) is 0. The van der Waals surface area contributed by atoms with Crippen LogP contribution in [-0.2, 0) is 17.6 Å². The van der Waals surface area contributed by atoms with Crippen molar-refractivity contribution in [2.45, 2.75) is 12.8 Å². The number of halogens is 2. The number of aromatic nitrogens is 1. The highest BCUT2D eigenvalue weighted by Crippen LogP contribution is 2.32. The van der Waals surface area contributed by atoms with Crippen LogP contribution in [-0.4, -0.2) is 17.4 Å². The molecule has 1 aromatic heterocycles. The van der Waals surface area contributed by atoms with Crippen LogP contribution in [0.2, 0.25) is 0 Å². The third kappa shape index (κ3) is 3.37. The fourth-order valence-corrected chi connectivity index (χ4v) is 4.17. The van der Waals surface area contributed by atoms with Gasteiger partial charge in [-0.15, -0.1) is 11.3 Å². The third-order valence-electron chi connectivity index (χ3n) is 4.20. The zero-order valence-corrected chi connectivity index (χ0v) is 15.6. The average molecular weight is 417 g/mol. The Hall–Kier alpha value is -2.05. The Morgan fingerprint density at radius 1 is 1.28 bits per heavy atom. The fourth-order valence-electron chi connectivity index (χ4n) is 3.00. The van der Waals surface area contributed by atoms with Gasteiger partial charge in [-0.05, 0) is 36.2 Å². The lowest BCUT2D eigenvalue weighted by molar-refractivity contribution is -0.117. The molecule has 0 saturated carbocycles. The molecular weight excluding hydrogens is 403 g/mol. The fraction of sp³-hybridized carbons (Fsp3) is 0.158. The lowest BCUT2D eigenvalue weighted by Gasteiger charge is -2.17. The molecule has 0 fully saturated rings. The summed E-state index contributed by atoms with van der Waals surface area (Å²) < 4.78 is 14.3. The molecular formula is C19H14BrFN2OS. The van der Waals surface area contributed by atoms with Crippen molar-refractivity contribution < 1.29 is 9.18 Å². The summed E-state index contributed by atoms with van der Waals surface area (Å²) in [6, 6.07) is 12.4. The van der Waals surface area contributed by atoms with Crippen LogP contribution in [0.25, 0.3) is 10.6 Å². The van der Waals surface area contributed by atoms with Crippen molar-refractivity contribution in [1.82, 2.24) is 4.98 Å². The van der Waals surface area contributed by atoms with E-state index >= 15 is 0 Å². The lowest BCUT2D eigenvalue weighted by atomic mass is 10.2. The maximum absolute atomic E-state index is 13.4. The van der Waals surface area contributed by atoms with Gasteiger partial charge in [0.2, 0.25) is 5.91 Å². The molecule has 0 spiro atoms. The molecule has 2 heterocycles. The number of hydrogen-bond acceptors (Lipinski definition) is 3. The molecule has 2 aromatic carbocycles. The van der Waals surface area contributed by atoms with E-state index in [-0.39, 0.29) is 18.1 Å². The summed E-state index contributed by atoms with van der Waals surface area (Å²) >= 11 is 4.89. The summed E-state index contributed by atoms with van der Waals surface area (Å²) in [6.07, 6.45) is 1.12. The molecule has 1 aliphatic rings. The van der Waals surface area contributed by atoms with E-state index in [1.807, 2.05) is 28.5 Å². The molecule has 0 atom stereocenters. The number of nitrogens with zero attached hydrogens (tertiary/aromatic N) is 2. The first-order valence-corrected chi connectivity index (χ1v) is 9.56. The summed E-state index contributed by atoms with van der Waals surface area (Å²) in [6.45, 7) is 0.700. The predicted molar refractivity (Wildman–Crippen MR) is 101 cm³/mol. The molecule has 0 unspecified atom stereocenters. The Labute approximate surface area is 157 Å². The molecule has 1 aliphatic heterocycles. The van der Waals surface area contributed by atoms with Crippen molar-refractivity contribution in [1.29, 1.82) is 0 Å². The highest BCUT2D eigenvalue weighted by Gasteiger charge is 2.25. The van der Waals surface area contributed by atoms with E-state index in [2.05, 4.69) is 27.0 Å². The smallest absolute Gasteiger partial charge is 0.233 e. The predicted octanol–water partition coefficient (Wildman–Crippen LogP) is 4.84. The summed E-state index contributed by atoms with van der Waals surface area (Å²) in [7, 11) is 0. The third-order valence-corrected chi connectivity index (χ3v) is 5.63. The van der Waals surface area contributed by atoms with Crippen LogP contribution < -0.4 is 4.90 Å². The molecule has 6 heteroatoms. The van der Waals surface area contributed by atoms with Crippen LogP contribution in [0.3, 0.4) is 0 Å². The van der Waals surface area contributed by atoms with Crippen LogP contribution in [0.4, 0.5) is 10.1 Å². The van der Waals surface area contributed by atoms with Gasteiger partial charge in [0.05, 0.1) is 12.1 Å². The largest absolute Gasteiger partial charge is 0.311 e. The molecule has 4 rings (SSSR count). The zero-order chi connectivity index (χ0) is 17.4. The standard InChI is InChI=1S/C19H14BrFN2OS/c20-14-5-4-12-6-7-23(17(12)9-14)18(24)10-16-11-25-19(22-16)13-2-1-3-15(21)8-13/h1-5,8-9,11H,6-7,10H2. The van der Waals surface area contributed by atoms with E-state index in [1.165, 1.54) is 29.0 Å². The minimum absolute atomic E-state index is 0.0351. The van der Waals surface area contributed by atoms with E-state index in [1.54, 1.807) is 6.07 Å². The molecule has 25 heavy (non-hydrogen) atoms. The van der Waals surface area contributed by atoms with Crippen LogP contribution >= 0.6 is 27.3 Å². The first-order chi connectivity index (χ1) is 12.1. The molecule has 0 bridgehead atoms. The van der Waals surface area contributed by atoms with E-state index in [9.17, 15) is 9.18 Å². The van der Waals surface area contributed by atoms with E-state index in [4.69, 9.17) is 0 Å². The van der Waals surface area contributed by atoms with Crippen LogP contribution in [0.1, 0.15) is 11.3 Å². The SMILES string of the molecule is O=C(Cc1csc(-c2cccc(F)c2)n1)N1CCc2ccc(Br)cc21. The minimum atomic E-state index is -0.287.